The number of nitrogens with zero attached hydrogens (tertiary/aromatic N) is 4. The van der Waals surface area contributed by atoms with E-state index in [1.54, 1.807) is 25.1 Å². The summed E-state index contributed by atoms with van der Waals surface area (Å²) in [5.41, 5.74) is -0.601. The lowest BCUT2D eigenvalue weighted by Gasteiger charge is -2.15. The third-order valence-electron chi connectivity index (χ3n) is 4.95. The number of carbonyl (C=O) groups excluding carboxylic acids is 2. The molecule has 4 rings (SSSR count). The molecule has 1 atom stereocenters. The molecule has 0 aliphatic carbocycles. The van der Waals surface area contributed by atoms with Gasteiger partial charge < -0.3 is 24.1 Å². The third kappa shape index (κ3) is 5.67. The first-order valence-corrected chi connectivity index (χ1v) is 10.6. The molecule has 2 amide bonds. The van der Waals surface area contributed by atoms with Crippen LogP contribution < -0.4 is 10.1 Å². The van der Waals surface area contributed by atoms with Gasteiger partial charge in [-0.05, 0) is 19.1 Å². The van der Waals surface area contributed by atoms with E-state index >= 15 is 0 Å². The van der Waals surface area contributed by atoms with Crippen LogP contribution in [0.5, 0.6) is 6.01 Å². The molecule has 1 N–H and O–H groups in total. The summed E-state index contributed by atoms with van der Waals surface area (Å²) in [6, 6.07) is 7.90. The first-order chi connectivity index (χ1) is 16.7. The van der Waals surface area contributed by atoms with Gasteiger partial charge in [-0.2, -0.15) is 13.2 Å². The number of hydrogen-bond acceptors (Lipinski definition) is 8. The third-order valence-corrected chi connectivity index (χ3v) is 4.95. The van der Waals surface area contributed by atoms with Gasteiger partial charge in [-0.25, -0.2) is 19.7 Å². The number of likely N-dealkylation sites (tertiary alicyclic amines) is 1. The van der Waals surface area contributed by atoms with Gasteiger partial charge in [0.15, 0.2) is 5.69 Å². The van der Waals surface area contributed by atoms with Gasteiger partial charge in [-0.3, -0.25) is 4.79 Å². The summed E-state index contributed by atoms with van der Waals surface area (Å²) in [6.45, 7) is 2.74. The van der Waals surface area contributed by atoms with Crippen molar-refractivity contribution >= 4 is 17.7 Å². The number of alkyl halides is 3. The maximum atomic E-state index is 13.5. The summed E-state index contributed by atoms with van der Waals surface area (Å²) in [6.07, 6.45) is -2.79. The summed E-state index contributed by atoms with van der Waals surface area (Å²) in [7, 11) is 0. The number of amides is 2. The molecule has 10 nitrogen and oxygen atoms in total. The predicted octanol–water partition coefficient (Wildman–Crippen LogP) is 4.01. The topological polar surface area (TPSA) is 120 Å². The molecule has 0 bridgehead atoms. The van der Waals surface area contributed by atoms with Crippen LogP contribution in [0, 0.1) is 0 Å². The standard InChI is InChI=1S/C22H20F3N5O5/c1-2-33-21(32)30-9-8-15(12-30)34-20-26-10-14(11-27-20)28-18(31)16-17(22(23,24)25)35-19(29-16)13-6-4-3-5-7-13/h3-7,10-11,15H,2,8-9,12H2,1H3,(H,28,31). The summed E-state index contributed by atoms with van der Waals surface area (Å²) < 4.78 is 55.8. The van der Waals surface area contributed by atoms with E-state index in [1.807, 2.05) is 0 Å². The van der Waals surface area contributed by atoms with Gasteiger partial charge in [0, 0.05) is 18.5 Å². The van der Waals surface area contributed by atoms with Crippen LogP contribution in [0.2, 0.25) is 0 Å². The Bertz CT molecular complexity index is 1180. The Morgan fingerprint density at radius 1 is 1.20 bits per heavy atom. The number of carbonyl (C=O) groups is 2. The fourth-order valence-electron chi connectivity index (χ4n) is 3.36. The molecule has 2 aromatic heterocycles. The van der Waals surface area contributed by atoms with E-state index in [1.165, 1.54) is 29.4 Å². The Hall–Kier alpha value is -4.16. The van der Waals surface area contributed by atoms with Crippen LogP contribution in [-0.2, 0) is 10.9 Å². The van der Waals surface area contributed by atoms with Gasteiger partial charge in [0.05, 0.1) is 31.2 Å². The van der Waals surface area contributed by atoms with E-state index in [4.69, 9.17) is 13.9 Å². The first kappa shape index (κ1) is 24.0. The summed E-state index contributed by atoms with van der Waals surface area (Å²) >= 11 is 0. The highest BCUT2D eigenvalue weighted by molar-refractivity contribution is 6.03. The minimum Gasteiger partial charge on any atom is -0.458 e. The summed E-state index contributed by atoms with van der Waals surface area (Å²) in [5, 5.41) is 2.28. The lowest BCUT2D eigenvalue weighted by Crippen LogP contribution is -2.31. The molecule has 3 aromatic rings. The Kier molecular flexibility index (Phi) is 6.85. The fraction of sp³-hybridized carbons (Fsp3) is 0.318. The second kappa shape index (κ2) is 9.99. The number of nitrogens with one attached hydrogen (secondary N) is 1. The first-order valence-electron chi connectivity index (χ1n) is 10.6. The van der Waals surface area contributed by atoms with Gasteiger partial charge in [0.1, 0.15) is 6.10 Å². The molecule has 1 saturated heterocycles. The average molecular weight is 491 g/mol. The maximum Gasteiger partial charge on any atom is 0.452 e. The molecule has 0 radical (unpaired) electrons. The predicted molar refractivity (Wildman–Crippen MR) is 115 cm³/mol. The molecule has 1 unspecified atom stereocenters. The lowest BCUT2D eigenvalue weighted by atomic mass is 10.2. The molecule has 3 heterocycles. The smallest absolute Gasteiger partial charge is 0.452 e. The highest BCUT2D eigenvalue weighted by Crippen LogP contribution is 2.35. The lowest BCUT2D eigenvalue weighted by molar-refractivity contribution is -0.153. The number of rotatable bonds is 6. The molecule has 13 heteroatoms. The van der Waals surface area contributed by atoms with Gasteiger partial charge >= 0.3 is 18.3 Å². The number of anilines is 1. The number of benzene rings is 1. The molecule has 1 aliphatic heterocycles. The quantitative estimate of drug-likeness (QED) is 0.549. The summed E-state index contributed by atoms with van der Waals surface area (Å²) in [5.74, 6) is -2.99. The van der Waals surface area contributed by atoms with Crippen molar-refractivity contribution in [2.45, 2.75) is 25.6 Å². The Labute approximate surface area is 197 Å². The van der Waals surface area contributed by atoms with Crippen molar-refractivity contribution in [2.75, 3.05) is 25.0 Å². The normalized spacial score (nSPS) is 15.7. The Morgan fingerprint density at radius 2 is 1.91 bits per heavy atom. The monoisotopic (exact) mass is 491 g/mol. The fourth-order valence-corrected chi connectivity index (χ4v) is 3.36. The van der Waals surface area contributed by atoms with Crippen molar-refractivity contribution in [3.63, 3.8) is 0 Å². The molecular weight excluding hydrogens is 471 g/mol. The molecular formula is C22H20F3N5O5. The molecule has 1 aliphatic rings. The van der Waals surface area contributed by atoms with Crippen molar-refractivity contribution in [1.82, 2.24) is 19.9 Å². The van der Waals surface area contributed by atoms with Crippen LogP contribution in [-0.4, -0.2) is 57.7 Å². The highest BCUT2D eigenvalue weighted by Gasteiger charge is 2.42. The molecule has 184 valence electrons. The molecule has 0 spiro atoms. The zero-order chi connectivity index (χ0) is 25.0. The van der Waals surface area contributed by atoms with Crippen molar-refractivity contribution in [3.8, 4) is 17.5 Å². The van der Waals surface area contributed by atoms with Crippen molar-refractivity contribution in [3.05, 3.63) is 54.2 Å². The van der Waals surface area contributed by atoms with Crippen LogP contribution >= 0.6 is 0 Å². The number of halogens is 3. The van der Waals surface area contributed by atoms with Gasteiger partial charge in [0.2, 0.25) is 11.7 Å². The molecule has 1 aromatic carbocycles. The zero-order valence-corrected chi connectivity index (χ0v) is 18.4. The van der Waals surface area contributed by atoms with Gasteiger partial charge in [-0.15, -0.1) is 0 Å². The average Bonchev–Trinajstić information content (AvgIpc) is 3.49. The Morgan fingerprint density at radius 3 is 2.57 bits per heavy atom. The highest BCUT2D eigenvalue weighted by atomic mass is 19.4. The summed E-state index contributed by atoms with van der Waals surface area (Å²) in [4.78, 5) is 37.5. The van der Waals surface area contributed by atoms with Crippen molar-refractivity contribution < 1.29 is 36.7 Å². The van der Waals surface area contributed by atoms with Gasteiger partial charge in [-0.1, -0.05) is 18.2 Å². The largest absolute Gasteiger partial charge is 0.458 e. The van der Waals surface area contributed by atoms with E-state index in [2.05, 4.69) is 20.3 Å². The van der Waals surface area contributed by atoms with E-state index in [0.29, 0.717) is 19.5 Å². The minimum absolute atomic E-state index is 0.0116. The van der Waals surface area contributed by atoms with Crippen LogP contribution in [0.3, 0.4) is 0 Å². The van der Waals surface area contributed by atoms with E-state index in [0.717, 1.165) is 0 Å². The SMILES string of the molecule is CCOC(=O)N1CCC(Oc2ncc(NC(=O)c3nc(-c4ccccc4)oc3C(F)(F)F)cn2)C1. The van der Waals surface area contributed by atoms with Crippen molar-refractivity contribution in [2.24, 2.45) is 0 Å². The number of aromatic nitrogens is 3. The second-order valence-corrected chi connectivity index (χ2v) is 7.44. The number of oxazole rings is 1. The number of ether oxygens (including phenoxy) is 2. The van der Waals surface area contributed by atoms with E-state index in [-0.39, 0.29) is 35.9 Å². The van der Waals surface area contributed by atoms with Crippen LogP contribution in [0.25, 0.3) is 11.5 Å². The van der Waals surface area contributed by atoms with Crippen LogP contribution in [0.1, 0.15) is 29.6 Å². The molecule has 35 heavy (non-hydrogen) atoms. The van der Waals surface area contributed by atoms with E-state index in [9.17, 15) is 22.8 Å². The van der Waals surface area contributed by atoms with E-state index < -0.39 is 29.6 Å². The second-order valence-electron chi connectivity index (χ2n) is 7.44. The van der Waals surface area contributed by atoms with Crippen LogP contribution in [0.4, 0.5) is 23.7 Å². The number of hydrogen-bond donors (Lipinski definition) is 1. The zero-order valence-electron chi connectivity index (χ0n) is 18.4. The maximum absolute atomic E-state index is 13.5. The molecule has 0 saturated carbocycles. The van der Waals surface area contributed by atoms with Crippen molar-refractivity contribution in [1.29, 1.82) is 0 Å². The molecule has 1 fully saturated rings. The Balaban J connectivity index is 1.42. The van der Waals surface area contributed by atoms with Gasteiger partial charge in [0.25, 0.3) is 5.91 Å². The minimum atomic E-state index is -4.93. The van der Waals surface area contributed by atoms with Crippen LogP contribution in [0.15, 0.2) is 47.1 Å².